The van der Waals surface area contributed by atoms with Crippen molar-refractivity contribution >= 4 is 5.69 Å². The molecule has 1 aliphatic heterocycles. The van der Waals surface area contributed by atoms with Gasteiger partial charge in [-0.15, -0.1) is 0 Å². The fourth-order valence-corrected chi connectivity index (χ4v) is 2.49. The predicted molar refractivity (Wildman–Crippen MR) is 74.7 cm³/mol. The van der Waals surface area contributed by atoms with Crippen LogP contribution < -0.4 is 10.2 Å². The van der Waals surface area contributed by atoms with E-state index >= 15 is 0 Å². The van der Waals surface area contributed by atoms with Crippen molar-refractivity contribution in [1.82, 2.24) is 5.32 Å². The summed E-state index contributed by atoms with van der Waals surface area (Å²) in [5.41, 5.74) is 1.74. The lowest BCUT2D eigenvalue weighted by molar-refractivity contribution is 0.439. The average Bonchev–Trinajstić information content (AvgIpc) is 2.33. The Morgan fingerprint density at radius 1 is 1.39 bits per heavy atom. The molecule has 0 bridgehead atoms. The Morgan fingerprint density at radius 2 is 2.22 bits per heavy atom. The van der Waals surface area contributed by atoms with Gasteiger partial charge in [0.25, 0.3) is 0 Å². The van der Waals surface area contributed by atoms with Gasteiger partial charge < -0.3 is 10.2 Å². The van der Waals surface area contributed by atoms with Gasteiger partial charge in [-0.05, 0) is 50.4 Å². The van der Waals surface area contributed by atoms with E-state index in [0.29, 0.717) is 6.04 Å². The number of nitrogens with one attached hydrogen (secondary N) is 1. The topological polar surface area (TPSA) is 15.3 Å². The molecule has 1 heterocycles. The second kappa shape index (κ2) is 6.19. The molecule has 0 amide bonds. The molecule has 1 aliphatic rings. The van der Waals surface area contributed by atoms with Crippen LogP contribution in [0, 0.1) is 12.7 Å². The Hall–Kier alpha value is -1.09. The fourth-order valence-electron chi connectivity index (χ4n) is 2.49. The number of nitrogens with zero attached hydrogens (tertiary/aromatic N) is 1. The number of anilines is 1. The molecule has 3 heteroatoms. The van der Waals surface area contributed by atoms with E-state index in [9.17, 15) is 4.39 Å². The maximum atomic E-state index is 13.6. The summed E-state index contributed by atoms with van der Waals surface area (Å²) in [6.07, 6.45) is 3.41. The van der Waals surface area contributed by atoms with Gasteiger partial charge in [0.2, 0.25) is 0 Å². The minimum Gasteiger partial charge on any atom is -0.371 e. The fraction of sp³-hybridized carbons (Fsp3) is 0.600. The van der Waals surface area contributed by atoms with Gasteiger partial charge in [0.1, 0.15) is 5.82 Å². The molecule has 0 saturated carbocycles. The zero-order chi connectivity index (χ0) is 13.0. The summed E-state index contributed by atoms with van der Waals surface area (Å²) >= 11 is 0. The van der Waals surface area contributed by atoms with Crippen LogP contribution in [0.25, 0.3) is 0 Å². The van der Waals surface area contributed by atoms with Crippen LogP contribution in [0.4, 0.5) is 10.1 Å². The Bertz CT molecular complexity index is 392. The van der Waals surface area contributed by atoms with Gasteiger partial charge in [0, 0.05) is 24.8 Å². The third kappa shape index (κ3) is 3.22. The van der Waals surface area contributed by atoms with Crippen LogP contribution in [0.2, 0.25) is 0 Å². The quantitative estimate of drug-likeness (QED) is 0.867. The average molecular weight is 250 g/mol. The van der Waals surface area contributed by atoms with Crippen LogP contribution in [0.3, 0.4) is 0 Å². The minimum atomic E-state index is -0.0975. The number of hydrogen-bond donors (Lipinski definition) is 1. The van der Waals surface area contributed by atoms with Crippen molar-refractivity contribution in [2.45, 2.75) is 39.2 Å². The van der Waals surface area contributed by atoms with Crippen LogP contribution in [0.5, 0.6) is 0 Å². The van der Waals surface area contributed by atoms with Crippen molar-refractivity contribution in [2.24, 2.45) is 0 Å². The predicted octanol–water partition coefficient (Wildman–Crippen LogP) is 3.10. The first kappa shape index (κ1) is 13.3. The Morgan fingerprint density at radius 3 is 2.94 bits per heavy atom. The molecule has 0 aliphatic carbocycles. The van der Waals surface area contributed by atoms with E-state index in [1.54, 1.807) is 6.07 Å². The van der Waals surface area contributed by atoms with E-state index in [-0.39, 0.29) is 5.82 Å². The summed E-state index contributed by atoms with van der Waals surface area (Å²) in [7, 11) is 0. The Balaban J connectivity index is 2.08. The molecule has 1 aromatic rings. The smallest absolute Gasteiger partial charge is 0.128 e. The van der Waals surface area contributed by atoms with Crippen molar-refractivity contribution < 1.29 is 4.39 Å². The molecule has 18 heavy (non-hydrogen) atoms. The molecule has 1 aromatic carbocycles. The zero-order valence-corrected chi connectivity index (χ0v) is 11.4. The molecule has 2 rings (SSSR count). The number of halogens is 1. The van der Waals surface area contributed by atoms with Gasteiger partial charge in [-0.2, -0.15) is 0 Å². The summed E-state index contributed by atoms with van der Waals surface area (Å²) in [6, 6.07) is 6.18. The third-order valence-electron chi connectivity index (χ3n) is 3.80. The van der Waals surface area contributed by atoms with Crippen LogP contribution in [0.1, 0.15) is 31.7 Å². The highest BCUT2D eigenvalue weighted by atomic mass is 19.1. The van der Waals surface area contributed by atoms with E-state index in [2.05, 4.69) is 17.1 Å². The Labute approximate surface area is 109 Å². The lowest BCUT2D eigenvalue weighted by Crippen LogP contribution is -2.39. The molecule has 0 spiro atoms. The van der Waals surface area contributed by atoms with Crippen LogP contribution >= 0.6 is 0 Å². The van der Waals surface area contributed by atoms with Gasteiger partial charge in [0.05, 0.1) is 0 Å². The molecule has 0 aromatic heterocycles. The second-order valence-corrected chi connectivity index (χ2v) is 5.12. The molecule has 0 radical (unpaired) electrons. The van der Waals surface area contributed by atoms with Crippen molar-refractivity contribution in [3.8, 4) is 0 Å². The molecule has 1 fully saturated rings. The minimum absolute atomic E-state index is 0.0975. The monoisotopic (exact) mass is 250 g/mol. The van der Waals surface area contributed by atoms with E-state index in [4.69, 9.17) is 0 Å². The highest BCUT2D eigenvalue weighted by Crippen LogP contribution is 2.20. The van der Waals surface area contributed by atoms with E-state index in [1.165, 1.54) is 0 Å². The first-order valence-corrected chi connectivity index (χ1v) is 6.95. The second-order valence-electron chi connectivity index (χ2n) is 5.12. The number of rotatable bonds is 2. The normalized spacial score (nSPS) is 21.5. The van der Waals surface area contributed by atoms with Crippen molar-refractivity contribution in [1.29, 1.82) is 0 Å². The van der Waals surface area contributed by atoms with Crippen LogP contribution in [0.15, 0.2) is 18.2 Å². The molecule has 1 N–H and O–H groups in total. The maximum absolute atomic E-state index is 13.6. The van der Waals surface area contributed by atoms with Gasteiger partial charge in [-0.3, -0.25) is 0 Å². The van der Waals surface area contributed by atoms with Crippen LogP contribution in [-0.2, 0) is 0 Å². The first-order chi connectivity index (χ1) is 8.70. The molecular weight excluding hydrogens is 227 g/mol. The van der Waals surface area contributed by atoms with E-state index < -0.39 is 0 Å². The number of hydrogen-bond acceptors (Lipinski definition) is 2. The lowest BCUT2D eigenvalue weighted by atomic mass is 10.1. The summed E-state index contributed by atoms with van der Waals surface area (Å²) < 4.78 is 13.6. The molecule has 1 saturated heterocycles. The Kier molecular flexibility index (Phi) is 4.59. The largest absolute Gasteiger partial charge is 0.371 e. The molecule has 1 atom stereocenters. The third-order valence-corrected chi connectivity index (χ3v) is 3.80. The van der Waals surface area contributed by atoms with Gasteiger partial charge in [-0.1, -0.05) is 13.0 Å². The lowest BCUT2D eigenvalue weighted by Gasteiger charge is -2.30. The molecule has 1 unspecified atom stereocenters. The van der Waals surface area contributed by atoms with Crippen molar-refractivity contribution in [3.63, 3.8) is 0 Å². The van der Waals surface area contributed by atoms with Crippen molar-refractivity contribution in [2.75, 3.05) is 24.5 Å². The maximum Gasteiger partial charge on any atom is 0.128 e. The summed E-state index contributed by atoms with van der Waals surface area (Å²) in [5, 5.41) is 3.56. The van der Waals surface area contributed by atoms with E-state index in [1.807, 2.05) is 19.1 Å². The SMILES string of the molecule is CCC1CCN(c2ccc(C)c(F)c2)CCCN1. The van der Waals surface area contributed by atoms with Crippen molar-refractivity contribution in [3.05, 3.63) is 29.6 Å². The van der Waals surface area contributed by atoms with Gasteiger partial charge >= 0.3 is 0 Å². The highest BCUT2D eigenvalue weighted by Gasteiger charge is 2.14. The zero-order valence-electron chi connectivity index (χ0n) is 11.4. The summed E-state index contributed by atoms with van der Waals surface area (Å²) in [6.45, 7) is 7.10. The molecular formula is C15H23FN2. The van der Waals surface area contributed by atoms with E-state index in [0.717, 1.165) is 50.1 Å². The summed E-state index contributed by atoms with van der Waals surface area (Å²) in [5.74, 6) is -0.0975. The first-order valence-electron chi connectivity index (χ1n) is 6.95. The standard InChI is InChI=1S/C15H23FN2/c1-3-13-7-10-18(9-4-8-17-13)14-6-5-12(2)15(16)11-14/h5-6,11,13,17H,3-4,7-10H2,1-2H3. The molecule has 100 valence electrons. The number of aryl methyl sites for hydroxylation is 1. The van der Waals surface area contributed by atoms with Crippen LogP contribution in [-0.4, -0.2) is 25.7 Å². The number of benzene rings is 1. The summed E-state index contributed by atoms with van der Waals surface area (Å²) in [4.78, 5) is 2.31. The van der Waals surface area contributed by atoms with Gasteiger partial charge in [0.15, 0.2) is 0 Å². The van der Waals surface area contributed by atoms with Gasteiger partial charge in [-0.25, -0.2) is 4.39 Å². The molecule has 2 nitrogen and oxygen atoms in total. The highest BCUT2D eigenvalue weighted by molar-refractivity contribution is 5.48.